The molecule has 1 aliphatic rings. The van der Waals surface area contributed by atoms with Crippen molar-refractivity contribution in [2.24, 2.45) is 5.92 Å². The summed E-state index contributed by atoms with van der Waals surface area (Å²) >= 11 is 6.34. The molecule has 0 spiro atoms. The van der Waals surface area contributed by atoms with E-state index in [1.54, 1.807) is 6.26 Å². The van der Waals surface area contributed by atoms with Crippen molar-refractivity contribution in [2.75, 3.05) is 20.4 Å². The predicted molar refractivity (Wildman–Crippen MR) is 62.5 cm³/mol. The van der Waals surface area contributed by atoms with Crippen molar-refractivity contribution in [1.82, 2.24) is 9.80 Å². The van der Waals surface area contributed by atoms with Gasteiger partial charge in [0.05, 0.1) is 11.2 Å². The van der Waals surface area contributed by atoms with Crippen LogP contribution in [0.4, 0.5) is 4.79 Å². The topological polar surface area (TPSA) is 66.2 Å². The lowest BCUT2D eigenvalue weighted by molar-refractivity contribution is -0.144. The second-order valence-corrected chi connectivity index (χ2v) is 4.67. The van der Waals surface area contributed by atoms with E-state index in [-0.39, 0.29) is 11.7 Å². The molecule has 0 aliphatic carbocycles. The third kappa shape index (κ3) is 1.89. The number of hydrogen-bond donors (Lipinski definition) is 1. The highest BCUT2D eigenvalue weighted by molar-refractivity contribution is 8.22. The molecule has 7 heteroatoms. The van der Waals surface area contributed by atoms with E-state index in [1.807, 2.05) is 0 Å². The Morgan fingerprint density at radius 1 is 1.40 bits per heavy atom. The van der Waals surface area contributed by atoms with Gasteiger partial charge in [-0.3, -0.25) is 10.2 Å². The Bertz CT molecular complexity index is 332. The lowest BCUT2D eigenvalue weighted by Crippen LogP contribution is -2.66. The first kappa shape index (κ1) is 12.1. The van der Waals surface area contributed by atoms with Crippen LogP contribution in [0.1, 0.15) is 0 Å². The van der Waals surface area contributed by atoms with Crippen LogP contribution in [0.2, 0.25) is 0 Å². The minimum absolute atomic E-state index is 0.197. The summed E-state index contributed by atoms with van der Waals surface area (Å²) in [5.74, 6) is -0.847. The summed E-state index contributed by atoms with van der Waals surface area (Å²) in [6.07, 6.45) is 1.78. The second-order valence-electron chi connectivity index (χ2n) is 3.12. The van der Waals surface area contributed by atoms with E-state index in [0.29, 0.717) is 4.20 Å². The monoisotopic (exact) mass is 246 g/mol. The predicted octanol–water partition coefficient (Wildman–Crippen LogP) is -1.03. The molecule has 0 saturated carbocycles. The highest BCUT2D eigenvalue weighted by Gasteiger charge is 2.47. The van der Waals surface area contributed by atoms with Gasteiger partial charge in [-0.05, 0) is 6.26 Å². The molecule has 1 rings (SSSR count). The van der Waals surface area contributed by atoms with E-state index >= 15 is 0 Å². The molecular formula is C8H12N3O2S2+. The fourth-order valence-electron chi connectivity index (χ4n) is 1.28. The molecule has 1 heterocycles. The summed E-state index contributed by atoms with van der Waals surface area (Å²) in [6, 6.07) is -0.433. The first-order chi connectivity index (χ1) is 6.91. The number of urea groups is 1. The van der Waals surface area contributed by atoms with Crippen molar-refractivity contribution in [2.45, 2.75) is 0 Å². The van der Waals surface area contributed by atoms with Gasteiger partial charge in [0.25, 0.3) is 11.7 Å². The van der Waals surface area contributed by atoms with Gasteiger partial charge in [-0.1, -0.05) is 12.2 Å². The summed E-state index contributed by atoms with van der Waals surface area (Å²) in [6.45, 7) is 0. The molecule has 0 aromatic carbocycles. The SMILES string of the molecule is CSC(=S)C1C(=[NH2+])N(C)C(=O)N(C)C1=O. The zero-order valence-corrected chi connectivity index (χ0v) is 10.3. The minimum atomic E-state index is -0.678. The first-order valence-corrected chi connectivity index (χ1v) is 5.80. The summed E-state index contributed by atoms with van der Waals surface area (Å²) < 4.78 is 0.476. The Kier molecular flexibility index (Phi) is 3.46. The molecule has 1 unspecified atom stereocenters. The van der Waals surface area contributed by atoms with Gasteiger partial charge >= 0.3 is 6.03 Å². The number of amides is 3. The molecule has 2 N–H and O–H groups in total. The normalized spacial score (nSPS) is 22.3. The summed E-state index contributed by atoms with van der Waals surface area (Å²) in [7, 11) is 2.94. The molecular weight excluding hydrogens is 234 g/mol. The Labute approximate surface area is 97.3 Å². The zero-order valence-electron chi connectivity index (χ0n) is 8.68. The average Bonchev–Trinajstić information content (AvgIpc) is 2.23. The fraction of sp³-hybridized carbons (Fsp3) is 0.500. The van der Waals surface area contributed by atoms with Crippen molar-refractivity contribution in [3.8, 4) is 0 Å². The second kappa shape index (κ2) is 4.28. The minimum Gasteiger partial charge on any atom is -0.290 e. The number of nitrogens with zero attached hydrogens (tertiary/aromatic N) is 2. The summed E-state index contributed by atoms with van der Waals surface area (Å²) in [4.78, 5) is 25.5. The van der Waals surface area contributed by atoms with Crippen LogP contribution in [0.25, 0.3) is 0 Å². The van der Waals surface area contributed by atoms with E-state index in [4.69, 9.17) is 17.6 Å². The van der Waals surface area contributed by atoms with E-state index in [1.165, 1.54) is 30.8 Å². The number of amidine groups is 1. The summed E-state index contributed by atoms with van der Waals surface area (Å²) in [5, 5.41) is 5.72. The van der Waals surface area contributed by atoms with Gasteiger partial charge in [0, 0.05) is 7.05 Å². The Morgan fingerprint density at radius 3 is 2.40 bits per heavy atom. The van der Waals surface area contributed by atoms with Gasteiger partial charge in [0.15, 0.2) is 5.92 Å². The van der Waals surface area contributed by atoms with Crippen molar-refractivity contribution in [1.29, 1.82) is 0 Å². The fourth-order valence-corrected chi connectivity index (χ4v) is 1.96. The highest BCUT2D eigenvalue weighted by Crippen LogP contribution is 2.20. The molecule has 0 aromatic rings. The van der Waals surface area contributed by atoms with Crippen LogP contribution < -0.4 is 5.41 Å². The van der Waals surface area contributed by atoms with Crippen LogP contribution in [0.3, 0.4) is 0 Å². The number of carbonyl (C=O) groups excluding carboxylic acids is 2. The molecule has 0 aromatic heterocycles. The average molecular weight is 246 g/mol. The van der Waals surface area contributed by atoms with E-state index in [9.17, 15) is 9.59 Å². The van der Waals surface area contributed by atoms with E-state index in [2.05, 4.69) is 0 Å². The molecule has 5 nitrogen and oxygen atoms in total. The zero-order chi connectivity index (χ0) is 11.7. The first-order valence-electron chi connectivity index (χ1n) is 4.17. The van der Waals surface area contributed by atoms with Crippen LogP contribution >= 0.6 is 24.0 Å². The maximum atomic E-state index is 11.8. The third-order valence-electron chi connectivity index (χ3n) is 2.27. The highest BCUT2D eigenvalue weighted by atomic mass is 32.2. The van der Waals surface area contributed by atoms with Crippen LogP contribution in [0, 0.1) is 5.92 Å². The van der Waals surface area contributed by atoms with Crippen molar-refractivity contribution in [3.63, 3.8) is 0 Å². The number of imide groups is 1. The van der Waals surface area contributed by atoms with Crippen molar-refractivity contribution in [3.05, 3.63) is 0 Å². The Hall–Kier alpha value is -0.950. The molecule has 1 atom stereocenters. The molecule has 1 aliphatic heterocycles. The van der Waals surface area contributed by atoms with Gasteiger partial charge < -0.3 is 0 Å². The lowest BCUT2D eigenvalue weighted by atomic mass is 10.1. The van der Waals surface area contributed by atoms with Crippen LogP contribution in [0.5, 0.6) is 0 Å². The van der Waals surface area contributed by atoms with Gasteiger partial charge in [0.2, 0.25) is 0 Å². The van der Waals surface area contributed by atoms with Crippen LogP contribution in [-0.2, 0) is 4.79 Å². The smallest absolute Gasteiger partial charge is 0.290 e. The Balaban J connectivity index is 3.08. The number of nitrogens with two attached hydrogens (primary N) is 1. The molecule has 0 radical (unpaired) electrons. The van der Waals surface area contributed by atoms with Crippen molar-refractivity contribution >= 4 is 46.0 Å². The van der Waals surface area contributed by atoms with E-state index < -0.39 is 11.9 Å². The van der Waals surface area contributed by atoms with Crippen LogP contribution in [0.15, 0.2) is 0 Å². The lowest BCUT2D eigenvalue weighted by Gasteiger charge is -2.29. The van der Waals surface area contributed by atoms with Crippen molar-refractivity contribution < 1.29 is 15.0 Å². The van der Waals surface area contributed by atoms with E-state index in [0.717, 1.165) is 4.90 Å². The Morgan fingerprint density at radius 2 is 1.93 bits per heavy atom. The van der Waals surface area contributed by atoms with Gasteiger partial charge in [0.1, 0.15) is 0 Å². The largest absolute Gasteiger partial charge is 0.417 e. The molecule has 15 heavy (non-hydrogen) atoms. The summed E-state index contributed by atoms with van der Waals surface area (Å²) in [5.41, 5.74) is 0. The number of thiocarbonyl (C=S) groups is 1. The van der Waals surface area contributed by atoms with Gasteiger partial charge in [-0.2, -0.15) is 4.90 Å². The van der Waals surface area contributed by atoms with Gasteiger partial charge in [-0.15, -0.1) is 11.8 Å². The number of rotatable bonds is 1. The van der Waals surface area contributed by atoms with Crippen LogP contribution in [-0.4, -0.2) is 52.1 Å². The maximum Gasteiger partial charge on any atom is 0.417 e. The molecule has 0 bridgehead atoms. The quantitative estimate of drug-likeness (QED) is 0.601. The standard InChI is InChI=1S/C8H11N3O2S2/c1-10-5(9)4(7(14)15-3)6(12)11(2)8(10)13/h4,9H,1-3H3/p+1. The van der Waals surface area contributed by atoms with Gasteiger partial charge in [-0.25, -0.2) is 9.69 Å². The molecule has 82 valence electrons. The molecule has 1 saturated heterocycles. The third-order valence-corrected chi connectivity index (χ3v) is 3.65. The molecule has 1 fully saturated rings. The molecule has 3 amide bonds. The maximum absolute atomic E-state index is 11.8. The number of carbonyl (C=O) groups is 2. The number of hydrogen-bond acceptors (Lipinski definition) is 4. The number of thioether (sulfide) groups is 1.